The molecule has 9 heteroatoms. The van der Waals surface area contributed by atoms with Crippen LogP contribution in [-0.2, 0) is 11.3 Å². The second-order valence-electron chi connectivity index (χ2n) is 5.61. The van der Waals surface area contributed by atoms with Crippen LogP contribution < -0.4 is 10.6 Å². The Labute approximate surface area is 158 Å². The molecule has 0 saturated carbocycles. The van der Waals surface area contributed by atoms with Gasteiger partial charge in [0.2, 0.25) is 0 Å². The second kappa shape index (κ2) is 9.14. The highest BCUT2D eigenvalue weighted by molar-refractivity contribution is 14.0. The van der Waals surface area contributed by atoms with E-state index in [9.17, 15) is 0 Å². The van der Waals surface area contributed by atoms with Crippen LogP contribution in [0.2, 0.25) is 0 Å². The first-order valence-electron chi connectivity index (χ1n) is 7.79. The van der Waals surface area contributed by atoms with Crippen LogP contribution >= 0.6 is 24.0 Å². The monoisotopic (exact) mass is 445 g/mol. The Morgan fingerprint density at radius 3 is 3.04 bits per heavy atom. The summed E-state index contributed by atoms with van der Waals surface area (Å²) in [5, 5.41) is 14.9. The SMILES string of the molecule is CN=C(NCc1nnc2ccccn12)NCC1CN(C)CCO1.I. The summed E-state index contributed by atoms with van der Waals surface area (Å²) < 4.78 is 7.70. The van der Waals surface area contributed by atoms with Crippen molar-refractivity contribution in [2.75, 3.05) is 40.3 Å². The Morgan fingerprint density at radius 2 is 2.25 bits per heavy atom. The molecule has 3 heterocycles. The number of pyridine rings is 1. The van der Waals surface area contributed by atoms with Crippen molar-refractivity contribution in [2.24, 2.45) is 4.99 Å². The summed E-state index contributed by atoms with van der Waals surface area (Å²) in [5.41, 5.74) is 0.839. The first-order valence-corrected chi connectivity index (χ1v) is 7.79. The summed E-state index contributed by atoms with van der Waals surface area (Å²) in [5.74, 6) is 1.58. The van der Waals surface area contributed by atoms with E-state index >= 15 is 0 Å². The highest BCUT2D eigenvalue weighted by Gasteiger charge is 2.17. The number of fused-ring (bicyclic) bond motifs is 1. The number of halogens is 1. The van der Waals surface area contributed by atoms with Crippen molar-refractivity contribution in [3.63, 3.8) is 0 Å². The molecule has 24 heavy (non-hydrogen) atoms. The van der Waals surface area contributed by atoms with Crippen LogP contribution in [0.1, 0.15) is 5.82 Å². The molecule has 1 fully saturated rings. The van der Waals surface area contributed by atoms with Gasteiger partial charge in [0.1, 0.15) is 0 Å². The van der Waals surface area contributed by atoms with Crippen LogP contribution in [0.5, 0.6) is 0 Å². The Morgan fingerprint density at radius 1 is 1.38 bits per heavy atom. The molecule has 0 radical (unpaired) electrons. The number of likely N-dealkylation sites (N-methyl/N-ethyl adjacent to an activating group) is 1. The van der Waals surface area contributed by atoms with Crippen molar-refractivity contribution >= 4 is 35.6 Å². The predicted octanol–water partition coefficient (Wildman–Crippen LogP) is 0.343. The topological polar surface area (TPSA) is 79.1 Å². The molecule has 0 spiro atoms. The molecule has 132 valence electrons. The van der Waals surface area contributed by atoms with Gasteiger partial charge in [0.15, 0.2) is 17.4 Å². The molecule has 2 aromatic rings. The van der Waals surface area contributed by atoms with Gasteiger partial charge in [-0.2, -0.15) is 0 Å². The van der Waals surface area contributed by atoms with E-state index in [2.05, 4.69) is 37.8 Å². The lowest BCUT2D eigenvalue weighted by atomic mass is 10.3. The van der Waals surface area contributed by atoms with Crippen molar-refractivity contribution in [1.29, 1.82) is 0 Å². The maximum atomic E-state index is 5.74. The van der Waals surface area contributed by atoms with Crippen LogP contribution in [0.4, 0.5) is 0 Å². The van der Waals surface area contributed by atoms with Crippen LogP contribution in [0.15, 0.2) is 29.4 Å². The maximum Gasteiger partial charge on any atom is 0.191 e. The zero-order valence-electron chi connectivity index (χ0n) is 14.0. The smallest absolute Gasteiger partial charge is 0.191 e. The van der Waals surface area contributed by atoms with Crippen molar-refractivity contribution in [2.45, 2.75) is 12.6 Å². The Kier molecular flexibility index (Phi) is 7.18. The fraction of sp³-hybridized carbons (Fsp3) is 0.533. The van der Waals surface area contributed by atoms with Gasteiger partial charge >= 0.3 is 0 Å². The second-order valence-corrected chi connectivity index (χ2v) is 5.61. The Bertz CT molecular complexity index is 675. The van der Waals surface area contributed by atoms with Crippen LogP contribution in [0.25, 0.3) is 5.65 Å². The number of aromatic nitrogens is 3. The van der Waals surface area contributed by atoms with Crippen LogP contribution in [-0.4, -0.2) is 71.9 Å². The highest BCUT2D eigenvalue weighted by atomic mass is 127. The van der Waals surface area contributed by atoms with Gasteiger partial charge in [-0.25, -0.2) is 0 Å². The van der Waals surface area contributed by atoms with E-state index in [4.69, 9.17) is 4.74 Å². The minimum atomic E-state index is 0. The summed E-state index contributed by atoms with van der Waals surface area (Å²) in [7, 11) is 3.87. The van der Waals surface area contributed by atoms with E-state index in [-0.39, 0.29) is 30.1 Å². The minimum Gasteiger partial charge on any atom is -0.374 e. The number of morpholine rings is 1. The fourth-order valence-electron chi connectivity index (χ4n) is 2.60. The summed E-state index contributed by atoms with van der Waals surface area (Å²) in [6.45, 7) is 3.98. The van der Waals surface area contributed by atoms with Crippen molar-refractivity contribution in [3.05, 3.63) is 30.2 Å². The fourth-order valence-corrected chi connectivity index (χ4v) is 2.60. The van der Waals surface area contributed by atoms with Crippen LogP contribution in [0, 0.1) is 0 Å². The molecule has 3 rings (SSSR count). The summed E-state index contributed by atoms with van der Waals surface area (Å²) >= 11 is 0. The number of hydrogen-bond acceptors (Lipinski definition) is 5. The molecular formula is C15H24IN7O. The van der Waals surface area contributed by atoms with Crippen molar-refractivity contribution in [3.8, 4) is 0 Å². The largest absolute Gasteiger partial charge is 0.374 e. The third-order valence-corrected chi connectivity index (χ3v) is 3.86. The normalized spacial score (nSPS) is 19.1. The molecule has 0 bridgehead atoms. The van der Waals surface area contributed by atoms with E-state index in [1.807, 2.05) is 28.8 Å². The predicted molar refractivity (Wildman–Crippen MR) is 104 cm³/mol. The zero-order valence-corrected chi connectivity index (χ0v) is 16.3. The van der Waals surface area contributed by atoms with Gasteiger partial charge in [0.05, 0.1) is 19.3 Å². The molecule has 1 aliphatic heterocycles. The van der Waals surface area contributed by atoms with Gasteiger partial charge in [-0.15, -0.1) is 34.2 Å². The first kappa shape index (κ1) is 18.9. The van der Waals surface area contributed by atoms with E-state index in [1.54, 1.807) is 7.05 Å². The minimum absolute atomic E-state index is 0. The van der Waals surface area contributed by atoms with Gasteiger partial charge in [0, 0.05) is 32.9 Å². The third kappa shape index (κ3) is 4.77. The van der Waals surface area contributed by atoms with Crippen molar-refractivity contribution < 1.29 is 4.74 Å². The third-order valence-electron chi connectivity index (χ3n) is 3.86. The average molecular weight is 445 g/mol. The van der Waals surface area contributed by atoms with E-state index in [0.717, 1.165) is 43.7 Å². The molecule has 2 N–H and O–H groups in total. The molecule has 0 amide bonds. The van der Waals surface area contributed by atoms with E-state index < -0.39 is 0 Å². The number of nitrogens with one attached hydrogen (secondary N) is 2. The van der Waals surface area contributed by atoms with Gasteiger partial charge in [-0.3, -0.25) is 9.39 Å². The molecule has 0 aromatic carbocycles. The number of hydrogen-bond donors (Lipinski definition) is 2. The van der Waals surface area contributed by atoms with Crippen LogP contribution in [0.3, 0.4) is 0 Å². The molecule has 0 aliphatic carbocycles. The standard InChI is InChI=1S/C15H23N7O.HI/c1-16-15(17-9-12-11-21(2)7-8-23-12)18-10-14-20-19-13-5-3-4-6-22(13)14;/h3-6,12H,7-11H2,1-2H3,(H2,16,17,18);1H. The molecule has 1 saturated heterocycles. The molecule has 1 atom stereocenters. The maximum absolute atomic E-state index is 5.74. The van der Waals surface area contributed by atoms with E-state index in [0.29, 0.717) is 6.54 Å². The van der Waals surface area contributed by atoms with E-state index in [1.165, 1.54) is 0 Å². The zero-order chi connectivity index (χ0) is 16.1. The molecule has 2 aromatic heterocycles. The lowest BCUT2D eigenvalue weighted by molar-refractivity contribution is -0.0161. The molecular weight excluding hydrogens is 421 g/mol. The van der Waals surface area contributed by atoms with Gasteiger partial charge in [0.25, 0.3) is 0 Å². The number of aliphatic imine (C=N–C) groups is 1. The van der Waals surface area contributed by atoms with Gasteiger partial charge in [-0.1, -0.05) is 6.07 Å². The summed E-state index contributed by atoms with van der Waals surface area (Å²) in [6, 6.07) is 5.84. The number of nitrogens with zero attached hydrogens (tertiary/aromatic N) is 5. The Hall–Kier alpha value is -1.46. The number of guanidine groups is 1. The quantitative estimate of drug-likeness (QED) is 0.402. The Balaban J connectivity index is 0.00000208. The average Bonchev–Trinajstić information content (AvgIpc) is 2.98. The lowest BCUT2D eigenvalue weighted by Gasteiger charge is -2.30. The van der Waals surface area contributed by atoms with Crippen molar-refractivity contribution in [1.82, 2.24) is 30.1 Å². The number of rotatable bonds is 4. The first-order chi connectivity index (χ1) is 11.3. The molecule has 8 nitrogen and oxygen atoms in total. The number of ether oxygens (including phenoxy) is 1. The molecule has 1 aliphatic rings. The van der Waals surface area contributed by atoms with Gasteiger partial charge in [-0.05, 0) is 19.2 Å². The molecule has 1 unspecified atom stereocenters. The highest BCUT2D eigenvalue weighted by Crippen LogP contribution is 2.03. The summed E-state index contributed by atoms with van der Waals surface area (Å²) in [4.78, 5) is 6.51. The van der Waals surface area contributed by atoms with Gasteiger partial charge < -0.3 is 20.3 Å². The summed E-state index contributed by atoms with van der Waals surface area (Å²) in [6.07, 6.45) is 2.13. The lowest BCUT2D eigenvalue weighted by Crippen LogP contribution is -2.48.